The Balaban J connectivity index is 2.43. The number of ketones is 1. The highest BCUT2D eigenvalue weighted by molar-refractivity contribution is 5.95. The lowest BCUT2D eigenvalue weighted by molar-refractivity contribution is -0.163. The Hall–Kier alpha value is -1.51. The third-order valence-corrected chi connectivity index (χ3v) is 1.85. The van der Waals surface area contributed by atoms with E-state index in [9.17, 15) is 22.4 Å². The topological polar surface area (TPSA) is 57.0 Å². The van der Waals surface area contributed by atoms with Gasteiger partial charge in [0.1, 0.15) is 18.9 Å². The van der Waals surface area contributed by atoms with Gasteiger partial charge in [0.2, 0.25) is 5.78 Å². The number of nitrogens with zero attached hydrogens (tertiary/aromatic N) is 3. The van der Waals surface area contributed by atoms with E-state index < -0.39 is 31.3 Å². The summed E-state index contributed by atoms with van der Waals surface area (Å²) in [6.07, 6.45) is -2.70. The molecule has 5 nitrogen and oxygen atoms in total. The molecule has 1 rings (SSSR count). The Morgan fingerprint density at radius 2 is 2.24 bits per heavy atom. The largest absolute Gasteiger partial charge is 0.367 e. The van der Waals surface area contributed by atoms with Crippen molar-refractivity contribution in [2.75, 3.05) is 13.2 Å². The van der Waals surface area contributed by atoms with Crippen LogP contribution < -0.4 is 0 Å². The summed E-state index contributed by atoms with van der Waals surface area (Å²) in [6, 6.07) is 0. The standard InChI is InChI=1S/C8H9F4N3O2/c1-15-5(2-13-14-15)6(16)3-17-4-8(11,12)7(9)10/h2,7H,3-4H2,1H3. The van der Waals surface area contributed by atoms with Crippen LogP contribution in [0.3, 0.4) is 0 Å². The number of hydrogen-bond donors (Lipinski definition) is 0. The summed E-state index contributed by atoms with van der Waals surface area (Å²) in [5.74, 6) is -4.92. The summed E-state index contributed by atoms with van der Waals surface area (Å²) in [6.45, 7) is -2.24. The predicted octanol–water partition coefficient (Wildman–Crippen LogP) is 0.915. The molecule has 9 heteroatoms. The maximum atomic E-state index is 12.4. The average Bonchev–Trinajstić information content (AvgIpc) is 2.63. The number of hydrogen-bond acceptors (Lipinski definition) is 4. The van der Waals surface area contributed by atoms with Gasteiger partial charge in [0.25, 0.3) is 0 Å². The molecule has 0 atom stereocenters. The van der Waals surface area contributed by atoms with Gasteiger partial charge in [0.05, 0.1) is 6.20 Å². The summed E-state index contributed by atoms with van der Waals surface area (Å²) in [7, 11) is 1.42. The summed E-state index contributed by atoms with van der Waals surface area (Å²) in [5, 5.41) is 6.84. The maximum Gasteiger partial charge on any atom is 0.330 e. The van der Waals surface area contributed by atoms with E-state index in [4.69, 9.17) is 0 Å². The molecule has 0 aromatic carbocycles. The fraction of sp³-hybridized carbons (Fsp3) is 0.625. The molecule has 0 N–H and O–H groups in total. The van der Waals surface area contributed by atoms with Crippen LogP contribution in [0.1, 0.15) is 10.5 Å². The molecule has 0 spiro atoms. The van der Waals surface area contributed by atoms with Gasteiger partial charge in [-0.15, -0.1) is 5.10 Å². The molecule has 1 heterocycles. The number of aryl methyl sites for hydroxylation is 1. The zero-order chi connectivity index (χ0) is 13.1. The molecule has 0 aliphatic carbocycles. The van der Waals surface area contributed by atoms with Gasteiger partial charge in [-0.25, -0.2) is 13.5 Å². The molecule has 0 aliphatic rings. The average molecular weight is 255 g/mol. The number of carbonyl (C=O) groups excluding carboxylic acids is 1. The lowest BCUT2D eigenvalue weighted by atomic mass is 10.3. The second-order valence-electron chi connectivity index (χ2n) is 3.22. The zero-order valence-electron chi connectivity index (χ0n) is 8.74. The van der Waals surface area contributed by atoms with E-state index in [1.165, 1.54) is 7.05 Å². The van der Waals surface area contributed by atoms with Gasteiger partial charge in [-0.05, 0) is 0 Å². The minimum absolute atomic E-state index is 0.0466. The van der Waals surface area contributed by atoms with E-state index in [0.717, 1.165) is 10.9 Å². The van der Waals surface area contributed by atoms with Crippen molar-refractivity contribution in [2.24, 2.45) is 7.05 Å². The first-order chi connectivity index (χ1) is 7.84. The van der Waals surface area contributed by atoms with Crippen molar-refractivity contribution in [3.63, 3.8) is 0 Å². The molecule has 1 aromatic rings. The molecule has 0 radical (unpaired) electrons. The third-order valence-electron chi connectivity index (χ3n) is 1.85. The second-order valence-corrected chi connectivity index (χ2v) is 3.22. The van der Waals surface area contributed by atoms with Crippen LogP contribution in [0.15, 0.2) is 6.20 Å². The van der Waals surface area contributed by atoms with Gasteiger partial charge < -0.3 is 4.74 Å². The van der Waals surface area contributed by atoms with Crippen molar-refractivity contribution in [3.05, 3.63) is 11.9 Å². The van der Waals surface area contributed by atoms with E-state index in [0.29, 0.717) is 0 Å². The number of alkyl halides is 4. The first-order valence-electron chi connectivity index (χ1n) is 4.46. The van der Waals surface area contributed by atoms with Crippen molar-refractivity contribution in [2.45, 2.75) is 12.3 Å². The van der Waals surface area contributed by atoms with Crippen LogP contribution in [0.5, 0.6) is 0 Å². The number of rotatable bonds is 6. The van der Waals surface area contributed by atoms with E-state index in [2.05, 4.69) is 15.0 Å². The summed E-state index contributed by atoms with van der Waals surface area (Å²) >= 11 is 0. The summed E-state index contributed by atoms with van der Waals surface area (Å²) < 4.78 is 53.6. The SMILES string of the molecule is Cn1nncc1C(=O)COCC(F)(F)C(F)F. The predicted molar refractivity (Wildman–Crippen MR) is 47.1 cm³/mol. The van der Waals surface area contributed by atoms with Gasteiger partial charge in [-0.2, -0.15) is 8.78 Å². The zero-order valence-corrected chi connectivity index (χ0v) is 8.74. The van der Waals surface area contributed by atoms with Crippen LogP contribution >= 0.6 is 0 Å². The maximum absolute atomic E-state index is 12.4. The lowest BCUT2D eigenvalue weighted by Crippen LogP contribution is -2.33. The highest BCUT2D eigenvalue weighted by atomic mass is 19.3. The number of Topliss-reactive ketones (excluding diaryl/α,β-unsaturated/α-hetero) is 1. The fourth-order valence-electron chi connectivity index (χ4n) is 0.959. The molecule has 0 aliphatic heterocycles. The Bertz CT molecular complexity index is 394. The number of carbonyl (C=O) groups is 1. The van der Waals surface area contributed by atoms with Gasteiger partial charge in [0.15, 0.2) is 0 Å². The highest BCUT2D eigenvalue weighted by Crippen LogP contribution is 2.22. The Morgan fingerprint density at radius 1 is 1.59 bits per heavy atom. The van der Waals surface area contributed by atoms with Crippen LogP contribution in [0.25, 0.3) is 0 Å². The minimum atomic E-state index is -4.26. The van der Waals surface area contributed by atoms with Gasteiger partial charge in [0, 0.05) is 7.05 Å². The smallest absolute Gasteiger partial charge is 0.330 e. The highest BCUT2D eigenvalue weighted by Gasteiger charge is 2.41. The Labute approximate surface area is 93.4 Å². The second kappa shape index (κ2) is 5.21. The van der Waals surface area contributed by atoms with Gasteiger partial charge in [-0.3, -0.25) is 4.79 Å². The lowest BCUT2D eigenvalue weighted by Gasteiger charge is -2.14. The van der Waals surface area contributed by atoms with E-state index in [-0.39, 0.29) is 5.69 Å². The van der Waals surface area contributed by atoms with Crippen molar-refractivity contribution in [3.8, 4) is 0 Å². The fourth-order valence-corrected chi connectivity index (χ4v) is 0.959. The monoisotopic (exact) mass is 255 g/mol. The van der Waals surface area contributed by atoms with Crippen molar-refractivity contribution in [1.29, 1.82) is 0 Å². The van der Waals surface area contributed by atoms with Gasteiger partial charge in [-0.1, -0.05) is 5.21 Å². The van der Waals surface area contributed by atoms with Crippen LogP contribution in [-0.2, 0) is 11.8 Å². The van der Waals surface area contributed by atoms with Crippen LogP contribution in [0.2, 0.25) is 0 Å². The van der Waals surface area contributed by atoms with E-state index in [1.54, 1.807) is 0 Å². The normalized spacial score (nSPS) is 12.1. The quantitative estimate of drug-likeness (QED) is 0.560. The number of aromatic nitrogens is 3. The molecule has 0 bridgehead atoms. The first kappa shape index (κ1) is 13.6. The molecule has 17 heavy (non-hydrogen) atoms. The molecule has 0 amide bonds. The Kier molecular flexibility index (Phi) is 4.16. The molecular formula is C8H9F4N3O2. The van der Waals surface area contributed by atoms with Crippen LogP contribution in [0.4, 0.5) is 17.6 Å². The summed E-state index contributed by atoms with van der Waals surface area (Å²) in [5.41, 5.74) is 0.0466. The van der Waals surface area contributed by atoms with Crippen molar-refractivity contribution in [1.82, 2.24) is 15.0 Å². The first-order valence-corrected chi connectivity index (χ1v) is 4.46. The number of halogens is 4. The van der Waals surface area contributed by atoms with Gasteiger partial charge >= 0.3 is 12.3 Å². The van der Waals surface area contributed by atoms with Crippen LogP contribution in [-0.4, -0.2) is 46.3 Å². The molecule has 0 unspecified atom stereocenters. The van der Waals surface area contributed by atoms with Crippen molar-refractivity contribution >= 4 is 5.78 Å². The molecule has 96 valence electrons. The van der Waals surface area contributed by atoms with Crippen LogP contribution in [0, 0.1) is 0 Å². The van der Waals surface area contributed by atoms with E-state index >= 15 is 0 Å². The molecule has 0 saturated heterocycles. The summed E-state index contributed by atoms with van der Waals surface area (Å²) in [4.78, 5) is 11.3. The minimum Gasteiger partial charge on any atom is -0.367 e. The van der Waals surface area contributed by atoms with Crippen molar-refractivity contribution < 1.29 is 27.1 Å². The molecule has 0 fully saturated rings. The number of ether oxygens (including phenoxy) is 1. The molecular weight excluding hydrogens is 246 g/mol. The molecule has 1 aromatic heterocycles. The Morgan fingerprint density at radius 3 is 2.71 bits per heavy atom. The van der Waals surface area contributed by atoms with E-state index in [1.807, 2.05) is 0 Å². The third kappa shape index (κ3) is 3.48. The molecule has 0 saturated carbocycles.